The van der Waals surface area contributed by atoms with E-state index in [1.807, 2.05) is 56.9 Å². The molecule has 2 atom stereocenters. The van der Waals surface area contributed by atoms with Gasteiger partial charge in [0, 0.05) is 24.2 Å². The molecule has 0 saturated carbocycles. The molecular weight excluding hydrogens is 260 g/mol. The zero-order valence-electron chi connectivity index (χ0n) is 12.1. The number of carbonyl (C=O) groups excluding carboxylic acids is 1. The van der Waals surface area contributed by atoms with Crippen molar-refractivity contribution in [1.29, 1.82) is 0 Å². The molecule has 0 saturated heterocycles. The van der Waals surface area contributed by atoms with Gasteiger partial charge in [0.15, 0.2) is 0 Å². The first kappa shape index (κ1) is 16.0. The normalized spacial score (nSPS) is 13.9. The Bertz CT molecular complexity index is 418. The van der Waals surface area contributed by atoms with Gasteiger partial charge in [0.05, 0.1) is 6.04 Å². The van der Waals surface area contributed by atoms with Crippen LogP contribution in [0.1, 0.15) is 39.3 Å². The van der Waals surface area contributed by atoms with Gasteiger partial charge in [0.2, 0.25) is 5.91 Å². The molecule has 1 aromatic rings. The zero-order valence-corrected chi connectivity index (χ0v) is 12.9. The molecule has 0 aliphatic heterocycles. The van der Waals surface area contributed by atoms with Crippen molar-refractivity contribution in [3.8, 4) is 0 Å². The van der Waals surface area contributed by atoms with Crippen LogP contribution in [-0.2, 0) is 4.79 Å². The summed E-state index contributed by atoms with van der Waals surface area (Å²) in [5, 5.41) is 4.04. The highest BCUT2D eigenvalue weighted by molar-refractivity contribution is 6.31. The van der Waals surface area contributed by atoms with Gasteiger partial charge >= 0.3 is 0 Å². The molecule has 1 N–H and O–H groups in total. The maximum absolute atomic E-state index is 12.2. The molecule has 0 spiro atoms. The third kappa shape index (κ3) is 4.22. The van der Waals surface area contributed by atoms with E-state index in [-0.39, 0.29) is 18.0 Å². The molecule has 106 valence electrons. The van der Waals surface area contributed by atoms with E-state index in [4.69, 9.17) is 11.6 Å². The molecular formula is C15H23ClN2O. The zero-order chi connectivity index (χ0) is 14.4. The maximum atomic E-state index is 12.2. The van der Waals surface area contributed by atoms with E-state index in [1.165, 1.54) is 0 Å². The van der Waals surface area contributed by atoms with Gasteiger partial charge < -0.3 is 4.90 Å². The Hall–Kier alpha value is -1.06. The van der Waals surface area contributed by atoms with Gasteiger partial charge in [0.1, 0.15) is 0 Å². The van der Waals surface area contributed by atoms with Gasteiger partial charge in [-0.1, -0.05) is 29.8 Å². The topological polar surface area (TPSA) is 32.3 Å². The molecule has 0 bridgehead atoms. The maximum Gasteiger partial charge on any atom is 0.239 e. The van der Waals surface area contributed by atoms with E-state index < -0.39 is 0 Å². The van der Waals surface area contributed by atoms with Gasteiger partial charge in [-0.3, -0.25) is 10.1 Å². The molecule has 1 rings (SSSR count). The van der Waals surface area contributed by atoms with Crippen LogP contribution in [0.4, 0.5) is 0 Å². The lowest BCUT2D eigenvalue weighted by Crippen LogP contribution is -2.45. The second-order valence-electron chi connectivity index (χ2n) is 4.64. The fourth-order valence-electron chi connectivity index (χ4n) is 2.17. The van der Waals surface area contributed by atoms with Gasteiger partial charge in [-0.15, -0.1) is 0 Å². The summed E-state index contributed by atoms with van der Waals surface area (Å²) in [6.07, 6.45) is 0. The molecule has 1 aromatic carbocycles. The quantitative estimate of drug-likeness (QED) is 0.869. The van der Waals surface area contributed by atoms with Crippen molar-refractivity contribution in [2.45, 2.75) is 39.8 Å². The van der Waals surface area contributed by atoms with Crippen LogP contribution in [0.5, 0.6) is 0 Å². The average molecular weight is 283 g/mol. The Morgan fingerprint density at radius 3 is 2.37 bits per heavy atom. The monoisotopic (exact) mass is 282 g/mol. The average Bonchev–Trinajstić information content (AvgIpc) is 2.40. The summed E-state index contributed by atoms with van der Waals surface area (Å²) >= 11 is 6.16. The van der Waals surface area contributed by atoms with E-state index in [0.717, 1.165) is 23.7 Å². The Morgan fingerprint density at radius 2 is 1.84 bits per heavy atom. The van der Waals surface area contributed by atoms with Crippen molar-refractivity contribution < 1.29 is 4.79 Å². The van der Waals surface area contributed by atoms with Crippen LogP contribution in [-0.4, -0.2) is 29.9 Å². The number of rotatable bonds is 6. The van der Waals surface area contributed by atoms with Gasteiger partial charge in [-0.05, 0) is 39.3 Å². The third-order valence-electron chi connectivity index (χ3n) is 3.32. The Morgan fingerprint density at radius 1 is 1.26 bits per heavy atom. The number of nitrogens with one attached hydrogen (secondary N) is 1. The highest BCUT2D eigenvalue weighted by Gasteiger charge is 2.20. The van der Waals surface area contributed by atoms with E-state index in [1.54, 1.807) is 0 Å². The molecule has 0 aromatic heterocycles. The van der Waals surface area contributed by atoms with Crippen LogP contribution in [0.2, 0.25) is 5.02 Å². The number of nitrogens with zero attached hydrogens (tertiary/aromatic N) is 1. The molecule has 1 unspecified atom stereocenters. The summed E-state index contributed by atoms with van der Waals surface area (Å²) in [5.74, 6) is 0.129. The summed E-state index contributed by atoms with van der Waals surface area (Å²) in [7, 11) is 0. The molecule has 1 amide bonds. The number of hydrogen-bond donors (Lipinski definition) is 1. The summed E-state index contributed by atoms with van der Waals surface area (Å²) in [4.78, 5) is 14.0. The van der Waals surface area contributed by atoms with Crippen LogP contribution in [0.3, 0.4) is 0 Å². The Labute approximate surface area is 120 Å². The standard InChI is InChI=1S/C15H23ClN2O/c1-5-18(6-2)15(19)12(4)17-11(3)13-9-7-8-10-14(13)16/h7-12,17H,5-6H2,1-4H3/t11-,12?/m1/s1. The van der Waals surface area contributed by atoms with Gasteiger partial charge in [-0.2, -0.15) is 0 Å². The fraction of sp³-hybridized carbons (Fsp3) is 0.533. The minimum atomic E-state index is -0.217. The molecule has 0 aliphatic carbocycles. The van der Waals surface area contributed by atoms with Crippen molar-refractivity contribution in [2.75, 3.05) is 13.1 Å². The smallest absolute Gasteiger partial charge is 0.239 e. The van der Waals surface area contributed by atoms with Crippen LogP contribution in [0.25, 0.3) is 0 Å². The lowest BCUT2D eigenvalue weighted by Gasteiger charge is -2.26. The molecule has 0 aliphatic rings. The molecule has 0 fully saturated rings. The number of amides is 1. The second-order valence-corrected chi connectivity index (χ2v) is 5.05. The van der Waals surface area contributed by atoms with Crippen LogP contribution < -0.4 is 5.32 Å². The van der Waals surface area contributed by atoms with Crippen LogP contribution in [0.15, 0.2) is 24.3 Å². The lowest BCUT2D eigenvalue weighted by molar-refractivity contribution is -0.132. The van der Waals surface area contributed by atoms with Crippen molar-refractivity contribution >= 4 is 17.5 Å². The minimum absolute atomic E-state index is 0.0446. The summed E-state index contributed by atoms with van der Waals surface area (Å²) < 4.78 is 0. The molecule has 4 heteroatoms. The number of carbonyl (C=O) groups is 1. The third-order valence-corrected chi connectivity index (χ3v) is 3.66. The number of likely N-dealkylation sites (N-methyl/N-ethyl adjacent to an activating group) is 1. The second kappa shape index (κ2) is 7.51. The summed E-state index contributed by atoms with van der Waals surface area (Å²) in [5.41, 5.74) is 1.02. The number of benzene rings is 1. The molecule has 19 heavy (non-hydrogen) atoms. The molecule has 0 radical (unpaired) electrons. The van der Waals surface area contributed by atoms with Crippen molar-refractivity contribution in [3.05, 3.63) is 34.9 Å². The number of halogens is 1. The van der Waals surface area contributed by atoms with E-state index in [9.17, 15) is 4.79 Å². The highest BCUT2D eigenvalue weighted by Crippen LogP contribution is 2.22. The summed E-state index contributed by atoms with van der Waals surface area (Å²) in [6.45, 7) is 9.38. The first-order valence-electron chi connectivity index (χ1n) is 6.80. The van der Waals surface area contributed by atoms with E-state index >= 15 is 0 Å². The predicted molar refractivity (Wildman–Crippen MR) is 80.4 cm³/mol. The fourth-order valence-corrected chi connectivity index (χ4v) is 2.47. The highest BCUT2D eigenvalue weighted by atomic mass is 35.5. The summed E-state index contributed by atoms with van der Waals surface area (Å²) in [6, 6.07) is 7.54. The van der Waals surface area contributed by atoms with Crippen molar-refractivity contribution in [2.24, 2.45) is 0 Å². The Balaban J connectivity index is 2.69. The van der Waals surface area contributed by atoms with E-state index in [0.29, 0.717) is 0 Å². The minimum Gasteiger partial charge on any atom is -0.342 e. The lowest BCUT2D eigenvalue weighted by atomic mass is 10.1. The van der Waals surface area contributed by atoms with Crippen molar-refractivity contribution in [1.82, 2.24) is 10.2 Å². The molecule has 0 heterocycles. The first-order valence-corrected chi connectivity index (χ1v) is 7.18. The molecule has 3 nitrogen and oxygen atoms in total. The van der Waals surface area contributed by atoms with E-state index in [2.05, 4.69) is 5.32 Å². The van der Waals surface area contributed by atoms with Gasteiger partial charge in [-0.25, -0.2) is 0 Å². The number of hydrogen-bond acceptors (Lipinski definition) is 2. The Kier molecular flexibility index (Phi) is 6.32. The van der Waals surface area contributed by atoms with Crippen LogP contribution in [0, 0.1) is 0 Å². The largest absolute Gasteiger partial charge is 0.342 e. The van der Waals surface area contributed by atoms with Crippen LogP contribution >= 0.6 is 11.6 Å². The first-order chi connectivity index (χ1) is 9.01. The predicted octanol–water partition coefficient (Wildman–Crippen LogP) is 3.25. The SMILES string of the molecule is CCN(CC)C(=O)C(C)N[C@H](C)c1ccccc1Cl. The van der Waals surface area contributed by atoms with Crippen molar-refractivity contribution in [3.63, 3.8) is 0 Å². The van der Waals surface area contributed by atoms with Gasteiger partial charge in [0.25, 0.3) is 0 Å².